The zero-order valence-corrected chi connectivity index (χ0v) is 8.30. The normalized spacial score (nSPS) is 14.3. The highest BCUT2D eigenvalue weighted by molar-refractivity contribution is 6.14. The van der Waals surface area contributed by atoms with Crippen molar-refractivity contribution in [3.8, 4) is 0 Å². The number of aliphatic carboxylic acids is 1. The number of ketones is 1. The first-order valence-corrected chi connectivity index (χ1v) is 4.58. The first kappa shape index (κ1) is 11.4. The Labute approximate surface area is 87.2 Å². The summed E-state index contributed by atoms with van der Waals surface area (Å²) in [5.74, 6) is -2.29. The maximum atomic E-state index is 11.7. The van der Waals surface area contributed by atoms with Gasteiger partial charge < -0.3 is 10.2 Å². The third-order valence-corrected chi connectivity index (χ3v) is 2.28. The minimum Gasteiger partial charge on any atom is -0.479 e. The van der Waals surface area contributed by atoms with Crippen molar-refractivity contribution in [2.45, 2.75) is 18.9 Å². The molecule has 80 valence electrons. The Balaban J connectivity index is 3.08. The van der Waals surface area contributed by atoms with Crippen LogP contribution in [0.25, 0.3) is 0 Å². The van der Waals surface area contributed by atoms with E-state index in [1.807, 2.05) is 0 Å². The monoisotopic (exact) mass is 208 g/mol. The summed E-state index contributed by atoms with van der Waals surface area (Å²) in [6.07, 6.45) is -0.157. The van der Waals surface area contributed by atoms with Crippen molar-refractivity contribution >= 4 is 11.8 Å². The summed E-state index contributed by atoms with van der Waals surface area (Å²) in [6, 6.07) is 7.90. The van der Waals surface area contributed by atoms with E-state index in [1.54, 1.807) is 18.2 Å². The summed E-state index contributed by atoms with van der Waals surface area (Å²) >= 11 is 0. The standard InChI is InChI=1S/C11H12O4/c1-2-11(15,10(13)14)9(12)8-6-4-3-5-7-8/h3-7,15H,2H2,1H3,(H,13,14). The van der Waals surface area contributed by atoms with Gasteiger partial charge in [0.05, 0.1) is 0 Å². The average Bonchev–Trinajstić information content (AvgIpc) is 2.28. The van der Waals surface area contributed by atoms with Crippen molar-refractivity contribution in [1.29, 1.82) is 0 Å². The van der Waals surface area contributed by atoms with Crippen LogP contribution >= 0.6 is 0 Å². The predicted molar refractivity (Wildman–Crippen MR) is 53.6 cm³/mol. The third-order valence-electron chi connectivity index (χ3n) is 2.28. The summed E-state index contributed by atoms with van der Waals surface area (Å²) in [4.78, 5) is 22.5. The van der Waals surface area contributed by atoms with Crippen LogP contribution in [0.2, 0.25) is 0 Å². The molecule has 1 unspecified atom stereocenters. The van der Waals surface area contributed by atoms with E-state index in [2.05, 4.69) is 0 Å². The SMILES string of the molecule is CCC(O)(C(=O)O)C(=O)c1ccccc1. The molecule has 0 fully saturated rings. The number of carboxylic acid groups (broad SMARTS) is 1. The van der Waals surface area contributed by atoms with Crippen LogP contribution in [0, 0.1) is 0 Å². The zero-order valence-electron chi connectivity index (χ0n) is 8.30. The van der Waals surface area contributed by atoms with Crippen molar-refractivity contribution in [3.05, 3.63) is 35.9 Å². The van der Waals surface area contributed by atoms with E-state index in [0.717, 1.165) is 0 Å². The van der Waals surface area contributed by atoms with Crippen LogP contribution in [0.1, 0.15) is 23.7 Å². The van der Waals surface area contributed by atoms with Crippen molar-refractivity contribution in [2.75, 3.05) is 0 Å². The van der Waals surface area contributed by atoms with Crippen LogP contribution in [0.4, 0.5) is 0 Å². The lowest BCUT2D eigenvalue weighted by molar-refractivity contribution is -0.153. The maximum absolute atomic E-state index is 11.7. The molecule has 15 heavy (non-hydrogen) atoms. The summed E-state index contributed by atoms with van der Waals surface area (Å²) in [7, 11) is 0. The summed E-state index contributed by atoms with van der Waals surface area (Å²) < 4.78 is 0. The van der Waals surface area contributed by atoms with Gasteiger partial charge in [-0.15, -0.1) is 0 Å². The number of aliphatic hydroxyl groups is 1. The molecule has 4 nitrogen and oxygen atoms in total. The van der Waals surface area contributed by atoms with Crippen molar-refractivity contribution in [3.63, 3.8) is 0 Å². The second-order valence-corrected chi connectivity index (χ2v) is 3.21. The predicted octanol–water partition coefficient (Wildman–Crippen LogP) is 1.10. The Bertz CT molecular complexity index is 371. The summed E-state index contributed by atoms with van der Waals surface area (Å²) in [5, 5.41) is 18.5. The van der Waals surface area contributed by atoms with E-state index < -0.39 is 17.4 Å². The Morgan fingerprint density at radius 1 is 1.27 bits per heavy atom. The number of rotatable bonds is 4. The van der Waals surface area contributed by atoms with Gasteiger partial charge in [0, 0.05) is 5.56 Å². The quantitative estimate of drug-likeness (QED) is 0.573. The number of carboxylic acids is 1. The molecule has 0 aliphatic rings. The van der Waals surface area contributed by atoms with Gasteiger partial charge in [-0.05, 0) is 6.42 Å². The van der Waals surface area contributed by atoms with Gasteiger partial charge >= 0.3 is 5.97 Å². The molecule has 1 atom stereocenters. The smallest absolute Gasteiger partial charge is 0.343 e. The number of hydrogen-bond donors (Lipinski definition) is 2. The molecule has 0 aliphatic carbocycles. The number of benzene rings is 1. The molecule has 1 rings (SSSR count). The Morgan fingerprint density at radius 2 is 1.80 bits per heavy atom. The molecule has 0 aliphatic heterocycles. The van der Waals surface area contributed by atoms with Gasteiger partial charge in [0.1, 0.15) is 0 Å². The minimum atomic E-state index is -2.32. The van der Waals surface area contributed by atoms with E-state index in [-0.39, 0.29) is 12.0 Å². The van der Waals surface area contributed by atoms with Gasteiger partial charge in [0.2, 0.25) is 11.4 Å². The van der Waals surface area contributed by atoms with E-state index >= 15 is 0 Å². The molecule has 0 bridgehead atoms. The molecule has 0 saturated carbocycles. The Hall–Kier alpha value is -1.68. The van der Waals surface area contributed by atoms with Gasteiger partial charge in [-0.2, -0.15) is 0 Å². The molecule has 0 heterocycles. The fraction of sp³-hybridized carbons (Fsp3) is 0.273. The van der Waals surface area contributed by atoms with Crippen LogP contribution in [-0.4, -0.2) is 27.6 Å². The largest absolute Gasteiger partial charge is 0.479 e. The van der Waals surface area contributed by atoms with Crippen molar-refractivity contribution in [1.82, 2.24) is 0 Å². The highest BCUT2D eigenvalue weighted by Gasteiger charge is 2.42. The van der Waals surface area contributed by atoms with E-state index in [4.69, 9.17) is 5.11 Å². The lowest BCUT2D eigenvalue weighted by Crippen LogP contribution is -2.46. The van der Waals surface area contributed by atoms with E-state index in [1.165, 1.54) is 19.1 Å². The first-order chi connectivity index (χ1) is 7.02. The third kappa shape index (κ3) is 2.05. The molecule has 0 amide bonds. The van der Waals surface area contributed by atoms with E-state index in [0.29, 0.717) is 0 Å². The minimum absolute atomic E-state index is 0.157. The van der Waals surface area contributed by atoms with Gasteiger partial charge in [-0.3, -0.25) is 4.79 Å². The van der Waals surface area contributed by atoms with Crippen LogP contribution in [-0.2, 0) is 4.79 Å². The molecule has 0 spiro atoms. The molecule has 0 radical (unpaired) electrons. The lowest BCUT2D eigenvalue weighted by atomic mass is 9.90. The number of hydrogen-bond acceptors (Lipinski definition) is 3. The lowest BCUT2D eigenvalue weighted by Gasteiger charge is -2.19. The van der Waals surface area contributed by atoms with Gasteiger partial charge in [-0.1, -0.05) is 37.3 Å². The summed E-state index contributed by atoms with van der Waals surface area (Å²) in [6.45, 7) is 1.45. The molecule has 1 aromatic rings. The summed E-state index contributed by atoms with van der Waals surface area (Å²) in [5.41, 5.74) is -2.12. The Morgan fingerprint density at radius 3 is 2.20 bits per heavy atom. The average molecular weight is 208 g/mol. The van der Waals surface area contributed by atoms with E-state index in [9.17, 15) is 14.7 Å². The van der Waals surface area contributed by atoms with Crippen LogP contribution in [0.5, 0.6) is 0 Å². The topological polar surface area (TPSA) is 74.6 Å². The van der Waals surface area contributed by atoms with Gasteiger partial charge in [-0.25, -0.2) is 4.79 Å². The van der Waals surface area contributed by atoms with Crippen LogP contribution < -0.4 is 0 Å². The van der Waals surface area contributed by atoms with Crippen LogP contribution in [0.15, 0.2) is 30.3 Å². The molecule has 0 saturated heterocycles. The van der Waals surface area contributed by atoms with Crippen LogP contribution in [0.3, 0.4) is 0 Å². The maximum Gasteiger partial charge on any atom is 0.343 e. The Kier molecular flexibility index (Phi) is 3.21. The highest BCUT2D eigenvalue weighted by Crippen LogP contribution is 2.17. The van der Waals surface area contributed by atoms with Gasteiger partial charge in [0.25, 0.3) is 0 Å². The molecular weight excluding hydrogens is 196 g/mol. The molecule has 2 N–H and O–H groups in total. The van der Waals surface area contributed by atoms with Crippen molar-refractivity contribution in [2.24, 2.45) is 0 Å². The molecule has 0 aromatic heterocycles. The number of Topliss-reactive ketones (excluding diaryl/α,β-unsaturated/α-hetero) is 1. The highest BCUT2D eigenvalue weighted by atomic mass is 16.4. The first-order valence-electron chi connectivity index (χ1n) is 4.58. The molecular formula is C11H12O4. The fourth-order valence-corrected chi connectivity index (χ4v) is 1.24. The molecule has 4 heteroatoms. The fourth-order valence-electron chi connectivity index (χ4n) is 1.24. The van der Waals surface area contributed by atoms with Crippen molar-refractivity contribution < 1.29 is 19.8 Å². The second kappa shape index (κ2) is 4.23. The zero-order chi connectivity index (χ0) is 11.5. The second-order valence-electron chi connectivity index (χ2n) is 3.21. The number of carbonyl (C=O) groups is 2. The van der Waals surface area contributed by atoms with Gasteiger partial charge in [0.15, 0.2) is 0 Å². The number of carbonyl (C=O) groups excluding carboxylic acids is 1. The molecule has 1 aromatic carbocycles.